The molecule has 1 aliphatic heterocycles. The van der Waals surface area contributed by atoms with Crippen LogP contribution in [0, 0.1) is 0 Å². The zero-order chi connectivity index (χ0) is 15.8. The first kappa shape index (κ1) is 15.8. The average Bonchev–Trinajstić information content (AvgIpc) is 2.40. The molecule has 7 heteroatoms. The van der Waals surface area contributed by atoms with E-state index >= 15 is 0 Å². The summed E-state index contributed by atoms with van der Waals surface area (Å²) in [5.41, 5.74) is -0.304. The summed E-state index contributed by atoms with van der Waals surface area (Å²) in [5.74, 6) is -0.137. The summed E-state index contributed by atoms with van der Waals surface area (Å²) in [6.07, 6.45) is 1.42. The first-order valence-corrected chi connectivity index (χ1v) is 7.47. The van der Waals surface area contributed by atoms with Gasteiger partial charge in [0.15, 0.2) is 0 Å². The predicted octanol–water partition coefficient (Wildman–Crippen LogP) is 1.22. The summed E-state index contributed by atoms with van der Waals surface area (Å²) >= 11 is 3.13. The van der Waals surface area contributed by atoms with Crippen LogP contribution in [0.4, 0.5) is 0 Å². The van der Waals surface area contributed by atoms with Crippen LogP contribution in [0.2, 0.25) is 0 Å². The van der Waals surface area contributed by atoms with Gasteiger partial charge in [0.1, 0.15) is 0 Å². The second-order valence-corrected chi connectivity index (χ2v) is 6.63. The van der Waals surface area contributed by atoms with Crippen molar-refractivity contribution in [2.45, 2.75) is 26.3 Å². The van der Waals surface area contributed by atoms with Crippen LogP contribution in [-0.4, -0.2) is 51.8 Å². The number of carbonyl (C=O) groups is 2. The minimum Gasteiger partial charge on any atom is -0.339 e. The number of rotatable bonds is 1. The van der Waals surface area contributed by atoms with E-state index in [4.69, 9.17) is 0 Å². The van der Waals surface area contributed by atoms with Crippen molar-refractivity contribution in [1.29, 1.82) is 0 Å². The molecule has 0 unspecified atom stereocenters. The molecular formula is C14H18BrN3O3. The van der Waals surface area contributed by atoms with E-state index < -0.39 is 5.54 Å². The minimum atomic E-state index is -0.455. The lowest BCUT2D eigenvalue weighted by molar-refractivity contribution is -0.133. The van der Waals surface area contributed by atoms with Gasteiger partial charge < -0.3 is 14.8 Å². The van der Waals surface area contributed by atoms with Crippen molar-refractivity contribution in [3.63, 3.8) is 0 Å². The number of piperazine rings is 1. The van der Waals surface area contributed by atoms with E-state index in [1.807, 2.05) is 13.8 Å². The van der Waals surface area contributed by atoms with E-state index in [9.17, 15) is 14.4 Å². The van der Waals surface area contributed by atoms with Gasteiger partial charge in [-0.2, -0.15) is 0 Å². The third-order valence-electron chi connectivity index (χ3n) is 3.70. The van der Waals surface area contributed by atoms with Gasteiger partial charge in [-0.05, 0) is 35.8 Å². The van der Waals surface area contributed by atoms with Gasteiger partial charge in [-0.3, -0.25) is 14.4 Å². The molecule has 0 saturated carbocycles. The zero-order valence-electron chi connectivity index (χ0n) is 12.3. The van der Waals surface area contributed by atoms with Gasteiger partial charge in [-0.15, -0.1) is 0 Å². The van der Waals surface area contributed by atoms with Crippen molar-refractivity contribution < 1.29 is 9.59 Å². The van der Waals surface area contributed by atoms with Crippen LogP contribution in [-0.2, 0) is 4.79 Å². The van der Waals surface area contributed by atoms with Crippen molar-refractivity contribution in [1.82, 2.24) is 14.8 Å². The molecule has 0 radical (unpaired) electrons. The Balaban J connectivity index is 2.25. The summed E-state index contributed by atoms with van der Waals surface area (Å²) in [5, 5.41) is 0. The Morgan fingerprint density at radius 2 is 2.00 bits per heavy atom. The summed E-state index contributed by atoms with van der Waals surface area (Å²) in [6, 6.07) is 1.52. The number of nitrogens with one attached hydrogen (secondary N) is 1. The number of pyridine rings is 1. The first-order chi connectivity index (χ1) is 9.72. The highest BCUT2D eigenvalue weighted by Crippen LogP contribution is 2.23. The molecule has 21 heavy (non-hydrogen) atoms. The van der Waals surface area contributed by atoms with Crippen LogP contribution < -0.4 is 5.56 Å². The van der Waals surface area contributed by atoms with Crippen LogP contribution in [0.5, 0.6) is 0 Å². The Bertz CT molecular complexity index is 639. The van der Waals surface area contributed by atoms with Gasteiger partial charge in [-0.25, -0.2) is 0 Å². The molecule has 0 atom stereocenters. The Labute approximate surface area is 131 Å². The van der Waals surface area contributed by atoms with Gasteiger partial charge in [0.25, 0.3) is 11.5 Å². The summed E-state index contributed by atoms with van der Waals surface area (Å²) < 4.78 is 0.327. The molecule has 114 valence electrons. The van der Waals surface area contributed by atoms with Crippen molar-refractivity contribution in [3.05, 3.63) is 32.7 Å². The van der Waals surface area contributed by atoms with Crippen LogP contribution in [0.15, 0.2) is 21.5 Å². The summed E-state index contributed by atoms with van der Waals surface area (Å²) in [7, 11) is 0. The van der Waals surface area contributed by atoms with Crippen molar-refractivity contribution in [2.24, 2.45) is 0 Å². The number of amides is 2. The number of aromatic nitrogens is 1. The topological polar surface area (TPSA) is 73.5 Å². The first-order valence-electron chi connectivity index (χ1n) is 6.68. The molecule has 2 heterocycles. The maximum absolute atomic E-state index is 12.6. The number of aromatic amines is 1. The molecule has 0 aromatic carbocycles. The number of carbonyl (C=O) groups excluding carboxylic acids is 2. The molecule has 1 N–H and O–H groups in total. The third-order valence-corrected chi connectivity index (χ3v) is 4.29. The highest BCUT2D eigenvalue weighted by molar-refractivity contribution is 9.10. The highest BCUT2D eigenvalue weighted by atomic mass is 79.9. The lowest BCUT2D eigenvalue weighted by Crippen LogP contribution is -2.61. The minimum absolute atomic E-state index is 0.0157. The van der Waals surface area contributed by atoms with E-state index in [0.29, 0.717) is 29.7 Å². The number of halogens is 1. The summed E-state index contributed by atoms with van der Waals surface area (Å²) in [6.45, 7) is 6.89. The molecule has 0 spiro atoms. The normalized spacial score (nSPS) is 17.7. The van der Waals surface area contributed by atoms with E-state index in [-0.39, 0.29) is 17.4 Å². The van der Waals surface area contributed by atoms with Gasteiger partial charge in [0, 0.05) is 32.8 Å². The van der Waals surface area contributed by atoms with E-state index in [1.165, 1.54) is 19.2 Å². The van der Waals surface area contributed by atoms with Crippen LogP contribution >= 0.6 is 15.9 Å². The number of hydrogen-bond donors (Lipinski definition) is 1. The van der Waals surface area contributed by atoms with Crippen molar-refractivity contribution >= 4 is 27.7 Å². The fourth-order valence-electron chi connectivity index (χ4n) is 2.54. The molecule has 2 amide bonds. The summed E-state index contributed by atoms with van der Waals surface area (Å²) in [4.78, 5) is 41.5. The van der Waals surface area contributed by atoms with Crippen LogP contribution in [0.1, 0.15) is 31.1 Å². The van der Waals surface area contributed by atoms with Gasteiger partial charge >= 0.3 is 0 Å². The molecule has 1 saturated heterocycles. The Hall–Kier alpha value is -1.63. The quantitative estimate of drug-likeness (QED) is 0.822. The fourth-order valence-corrected chi connectivity index (χ4v) is 2.90. The van der Waals surface area contributed by atoms with Crippen LogP contribution in [0.25, 0.3) is 0 Å². The Kier molecular flexibility index (Phi) is 4.22. The van der Waals surface area contributed by atoms with Crippen molar-refractivity contribution in [2.75, 3.05) is 19.6 Å². The van der Waals surface area contributed by atoms with Crippen molar-refractivity contribution in [3.8, 4) is 0 Å². The monoisotopic (exact) mass is 355 g/mol. The second kappa shape index (κ2) is 5.63. The molecule has 1 aromatic rings. The molecule has 1 aliphatic rings. The maximum Gasteiger partial charge on any atom is 0.262 e. The standard InChI is InChI=1S/C14H18BrN3O3/c1-9(19)17-4-5-18(14(2,3)8-17)13(21)10-6-11(15)12(20)16-7-10/h6-7H,4-5,8H2,1-3H3,(H,16,20). The third kappa shape index (κ3) is 3.18. The van der Waals surface area contributed by atoms with Gasteiger partial charge in [0.2, 0.25) is 5.91 Å². The van der Waals surface area contributed by atoms with Gasteiger partial charge in [-0.1, -0.05) is 0 Å². The van der Waals surface area contributed by atoms with E-state index in [2.05, 4.69) is 20.9 Å². The van der Waals surface area contributed by atoms with Crippen LogP contribution in [0.3, 0.4) is 0 Å². The Morgan fingerprint density at radius 1 is 1.33 bits per heavy atom. The Morgan fingerprint density at radius 3 is 2.52 bits per heavy atom. The maximum atomic E-state index is 12.6. The molecule has 1 fully saturated rings. The molecule has 6 nitrogen and oxygen atoms in total. The number of H-pyrrole nitrogens is 1. The largest absolute Gasteiger partial charge is 0.339 e. The van der Waals surface area contributed by atoms with Gasteiger partial charge in [0.05, 0.1) is 15.6 Å². The number of nitrogens with zero attached hydrogens (tertiary/aromatic N) is 2. The SMILES string of the molecule is CC(=O)N1CCN(C(=O)c2c[nH]c(=O)c(Br)c2)C(C)(C)C1. The molecule has 1 aromatic heterocycles. The fraction of sp³-hybridized carbons (Fsp3) is 0.500. The molecule has 2 rings (SSSR count). The average molecular weight is 356 g/mol. The second-order valence-electron chi connectivity index (χ2n) is 5.78. The lowest BCUT2D eigenvalue weighted by atomic mass is 9.97. The zero-order valence-corrected chi connectivity index (χ0v) is 13.9. The number of hydrogen-bond acceptors (Lipinski definition) is 3. The smallest absolute Gasteiger partial charge is 0.262 e. The highest BCUT2D eigenvalue weighted by Gasteiger charge is 2.37. The molecular weight excluding hydrogens is 338 g/mol. The lowest BCUT2D eigenvalue weighted by Gasteiger charge is -2.46. The molecule has 0 bridgehead atoms. The molecule has 0 aliphatic carbocycles. The van der Waals surface area contributed by atoms with E-state index in [0.717, 1.165) is 0 Å². The van der Waals surface area contributed by atoms with E-state index in [1.54, 1.807) is 9.80 Å². The predicted molar refractivity (Wildman–Crippen MR) is 82.1 cm³/mol.